The van der Waals surface area contributed by atoms with Gasteiger partial charge < -0.3 is 20.1 Å². The number of nitrogens with zero attached hydrogens (tertiary/aromatic N) is 3. The Morgan fingerprint density at radius 3 is 2.79 bits per heavy atom. The number of benzene rings is 2. The fourth-order valence-corrected chi connectivity index (χ4v) is 5.63. The molecule has 2 aliphatic heterocycles. The average molecular weight is 477 g/mol. The summed E-state index contributed by atoms with van der Waals surface area (Å²) in [5, 5.41) is 13.2. The maximum absolute atomic E-state index is 11.7. The molecule has 34 heavy (non-hydrogen) atoms. The zero-order valence-electron chi connectivity index (χ0n) is 19.2. The average Bonchev–Trinajstić information content (AvgIpc) is 3.32. The third kappa shape index (κ3) is 4.88. The van der Waals surface area contributed by atoms with Crippen molar-refractivity contribution < 1.29 is 14.6 Å². The number of phenols is 1. The van der Waals surface area contributed by atoms with Crippen molar-refractivity contribution in [2.24, 2.45) is 0 Å². The van der Waals surface area contributed by atoms with Gasteiger partial charge in [0.25, 0.3) is 0 Å². The first kappa shape index (κ1) is 22.7. The second kappa shape index (κ2) is 10.0. The maximum atomic E-state index is 11.7. The fourth-order valence-electron chi connectivity index (χ4n) is 4.28. The number of ether oxygens (including phenoxy) is 1. The minimum absolute atomic E-state index is 0.0537. The van der Waals surface area contributed by atoms with Gasteiger partial charge in [-0.3, -0.25) is 4.79 Å². The molecule has 0 saturated carbocycles. The van der Waals surface area contributed by atoms with Crippen LogP contribution in [0.1, 0.15) is 35.4 Å². The summed E-state index contributed by atoms with van der Waals surface area (Å²) < 4.78 is 5.57. The van der Waals surface area contributed by atoms with Gasteiger partial charge >= 0.3 is 0 Å². The van der Waals surface area contributed by atoms with Gasteiger partial charge in [0.15, 0.2) is 5.82 Å². The second-order valence-corrected chi connectivity index (χ2v) is 9.70. The highest BCUT2D eigenvalue weighted by Gasteiger charge is 2.31. The number of aromatic nitrogens is 2. The fraction of sp³-hybridized carbons (Fsp3) is 0.346. The molecule has 1 amide bonds. The van der Waals surface area contributed by atoms with Crippen LogP contribution < -0.4 is 10.2 Å². The molecule has 8 heteroatoms. The number of anilines is 1. The number of aromatic hydroxyl groups is 1. The van der Waals surface area contributed by atoms with Crippen LogP contribution in [0, 0.1) is 0 Å². The normalized spacial score (nSPS) is 17.4. The van der Waals surface area contributed by atoms with Crippen molar-refractivity contribution in [3.63, 3.8) is 0 Å². The second-order valence-electron chi connectivity index (χ2n) is 8.48. The van der Waals surface area contributed by atoms with Crippen LogP contribution in [0.4, 0.5) is 5.82 Å². The van der Waals surface area contributed by atoms with Gasteiger partial charge in [0.05, 0.1) is 23.8 Å². The first-order valence-electron chi connectivity index (χ1n) is 11.7. The van der Waals surface area contributed by atoms with E-state index in [1.807, 2.05) is 36.9 Å². The van der Waals surface area contributed by atoms with Crippen LogP contribution >= 0.6 is 11.8 Å². The molecule has 1 saturated heterocycles. The van der Waals surface area contributed by atoms with Crippen LogP contribution in [0.2, 0.25) is 0 Å². The van der Waals surface area contributed by atoms with Crippen LogP contribution in [0.25, 0.3) is 11.4 Å². The van der Waals surface area contributed by atoms with Crippen LogP contribution in [0.3, 0.4) is 0 Å². The van der Waals surface area contributed by atoms with Crippen molar-refractivity contribution in [2.75, 3.05) is 31.2 Å². The standard InChI is InChI=1S/C26H28N4O3S/c1-2-23(32)27-16-17-5-3-6-18(13-17)22-15-21-24(34-22)26(30-9-11-33-12-10-30)29-25(28-21)19-7-4-8-20(31)14-19/h3-8,13-14,22,31H,2,9-12,15-16H2,1H3,(H,27,32). The molecule has 3 aromatic rings. The number of carbonyl (C=O) groups is 1. The Bertz CT molecular complexity index is 1200. The third-order valence-electron chi connectivity index (χ3n) is 6.11. The highest BCUT2D eigenvalue weighted by Crippen LogP contribution is 2.50. The van der Waals surface area contributed by atoms with E-state index in [-0.39, 0.29) is 16.9 Å². The lowest BCUT2D eigenvalue weighted by Crippen LogP contribution is -2.37. The molecule has 0 spiro atoms. The summed E-state index contributed by atoms with van der Waals surface area (Å²) in [4.78, 5) is 25.0. The van der Waals surface area contributed by atoms with Gasteiger partial charge in [-0.2, -0.15) is 0 Å². The molecule has 5 rings (SSSR count). The topological polar surface area (TPSA) is 87.6 Å². The predicted molar refractivity (Wildman–Crippen MR) is 133 cm³/mol. The lowest BCUT2D eigenvalue weighted by molar-refractivity contribution is -0.120. The maximum Gasteiger partial charge on any atom is 0.219 e. The Balaban J connectivity index is 1.46. The number of nitrogens with one attached hydrogen (secondary N) is 1. The van der Waals surface area contributed by atoms with Crippen LogP contribution in [0.5, 0.6) is 5.75 Å². The summed E-state index contributed by atoms with van der Waals surface area (Å²) in [7, 11) is 0. The zero-order valence-corrected chi connectivity index (χ0v) is 20.0. The lowest BCUT2D eigenvalue weighted by atomic mass is 10.0. The molecule has 1 unspecified atom stereocenters. The molecule has 0 radical (unpaired) electrons. The predicted octanol–water partition coefficient (Wildman–Crippen LogP) is 4.10. The van der Waals surface area contributed by atoms with E-state index in [4.69, 9.17) is 14.7 Å². The Hall–Kier alpha value is -3.10. The summed E-state index contributed by atoms with van der Waals surface area (Å²) in [6, 6.07) is 15.5. The molecular weight excluding hydrogens is 448 g/mol. The van der Waals surface area contributed by atoms with Gasteiger partial charge in [-0.15, -0.1) is 11.8 Å². The summed E-state index contributed by atoms with van der Waals surface area (Å²) in [6.07, 6.45) is 1.29. The molecule has 2 N–H and O–H groups in total. The van der Waals surface area contributed by atoms with Crippen LogP contribution in [0.15, 0.2) is 53.4 Å². The number of hydrogen-bond donors (Lipinski definition) is 2. The van der Waals surface area contributed by atoms with Crippen molar-refractivity contribution in [1.29, 1.82) is 0 Å². The summed E-state index contributed by atoms with van der Waals surface area (Å²) in [6.45, 7) is 5.34. The van der Waals surface area contributed by atoms with Crippen molar-refractivity contribution in [3.8, 4) is 17.1 Å². The first-order valence-corrected chi connectivity index (χ1v) is 12.5. The van der Waals surface area contributed by atoms with E-state index in [0.717, 1.165) is 47.0 Å². The van der Waals surface area contributed by atoms with Gasteiger partial charge in [0.1, 0.15) is 11.6 Å². The lowest BCUT2D eigenvalue weighted by Gasteiger charge is -2.29. The molecule has 1 aromatic heterocycles. The van der Waals surface area contributed by atoms with Crippen LogP contribution in [-0.2, 0) is 22.5 Å². The number of carbonyl (C=O) groups excluding carboxylic acids is 1. The molecule has 0 bridgehead atoms. The van der Waals surface area contributed by atoms with Crippen molar-refractivity contribution >= 4 is 23.5 Å². The van der Waals surface area contributed by atoms with Crippen molar-refractivity contribution in [3.05, 3.63) is 65.4 Å². The minimum atomic E-state index is 0.0537. The summed E-state index contributed by atoms with van der Waals surface area (Å²) in [5.41, 5.74) is 4.16. The monoisotopic (exact) mass is 476 g/mol. The smallest absolute Gasteiger partial charge is 0.219 e. The van der Waals surface area contributed by atoms with E-state index in [0.29, 0.717) is 32.0 Å². The van der Waals surface area contributed by atoms with Gasteiger partial charge in [-0.05, 0) is 23.3 Å². The Labute approximate surface area is 203 Å². The van der Waals surface area contributed by atoms with Gasteiger partial charge in [-0.1, -0.05) is 43.3 Å². The van der Waals surface area contributed by atoms with Crippen LogP contribution in [-0.4, -0.2) is 47.3 Å². The zero-order chi connectivity index (χ0) is 23.5. The van der Waals surface area contributed by atoms with Crippen molar-refractivity contribution in [1.82, 2.24) is 15.3 Å². The largest absolute Gasteiger partial charge is 0.508 e. The molecule has 2 aromatic carbocycles. The van der Waals surface area contributed by atoms with E-state index >= 15 is 0 Å². The molecular formula is C26H28N4O3S. The number of thioether (sulfide) groups is 1. The SMILES string of the molecule is CCC(=O)NCc1cccc(C2Cc3nc(-c4cccc(O)c4)nc(N4CCOCC4)c3S2)c1. The Morgan fingerprint density at radius 1 is 1.18 bits per heavy atom. The number of hydrogen-bond acceptors (Lipinski definition) is 7. The first-order chi connectivity index (χ1) is 16.6. The number of fused-ring (bicyclic) bond motifs is 1. The molecule has 7 nitrogen and oxygen atoms in total. The van der Waals surface area contributed by atoms with Gasteiger partial charge in [0, 0.05) is 43.3 Å². The number of phenolic OH excluding ortho intramolecular Hbond substituents is 1. The quantitative estimate of drug-likeness (QED) is 0.554. The molecule has 1 fully saturated rings. The van der Waals surface area contributed by atoms with Crippen molar-refractivity contribution in [2.45, 2.75) is 36.5 Å². The molecule has 3 heterocycles. The summed E-state index contributed by atoms with van der Waals surface area (Å²) in [5.74, 6) is 1.84. The van der Waals surface area contributed by atoms with E-state index in [2.05, 4.69) is 28.4 Å². The molecule has 176 valence electrons. The highest BCUT2D eigenvalue weighted by atomic mass is 32.2. The van der Waals surface area contributed by atoms with E-state index in [9.17, 15) is 9.90 Å². The highest BCUT2D eigenvalue weighted by molar-refractivity contribution is 8.00. The molecule has 1 atom stereocenters. The molecule has 2 aliphatic rings. The van der Waals surface area contributed by atoms with Gasteiger partial charge in [0.2, 0.25) is 5.91 Å². The number of amides is 1. The third-order valence-corrected chi connectivity index (χ3v) is 7.48. The summed E-state index contributed by atoms with van der Waals surface area (Å²) >= 11 is 1.81. The van der Waals surface area contributed by atoms with E-state index in [1.54, 1.807) is 12.1 Å². The Morgan fingerprint density at radius 2 is 2.00 bits per heavy atom. The van der Waals surface area contributed by atoms with E-state index < -0.39 is 0 Å². The molecule has 0 aliphatic carbocycles. The Kier molecular flexibility index (Phi) is 6.69. The number of morpholine rings is 1. The van der Waals surface area contributed by atoms with E-state index in [1.165, 1.54) is 5.56 Å². The minimum Gasteiger partial charge on any atom is -0.508 e. The van der Waals surface area contributed by atoms with Gasteiger partial charge in [-0.25, -0.2) is 9.97 Å². The number of rotatable bonds is 6.